The molecule has 18 heavy (non-hydrogen) atoms. The fourth-order valence-corrected chi connectivity index (χ4v) is 3.30. The van der Waals surface area contributed by atoms with Crippen molar-refractivity contribution < 1.29 is 0 Å². The van der Waals surface area contributed by atoms with Gasteiger partial charge in [-0.2, -0.15) is 0 Å². The molecule has 2 N–H and O–H groups in total. The van der Waals surface area contributed by atoms with E-state index in [1.807, 2.05) is 7.05 Å². The van der Waals surface area contributed by atoms with Crippen LogP contribution in [0.25, 0.3) is 0 Å². The van der Waals surface area contributed by atoms with Crippen LogP contribution < -0.4 is 10.6 Å². The van der Waals surface area contributed by atoms with E-state index in [1.54, 1.807) is 11.1 Å². The van der Waals surface area contributed by atoms with E-state index in [-0.39, 0.29) is 0 Å². The van der Waals surface area contributed by atoms with Gasteiger partial charge < -0.3 is 10.6 Å². The third-order valence-electron chi connectivity index (χ3n) is 4.48. The lowest BCUT2D eigenvalue weighted by Gasteiger charge is -2.13. The second kappa shape index (κ2) is 3.74. The molecule has 4 rings (SSSR count). The second-order valence-electron chi connectivity index (χ2n) is 5.75. The van der Waals surface area contributed by atoms with E-state index < -0.39 is 0 Å². The summed E-state index contributed by atoms with van der Waals surface area (Å²) in [5.41, 5.74) is 3.11. The first-order chi connectivity index (χ1) is 8.86. The summed E-state index contributed by atoms with van der Waals surface area (Å²) >= 11 is 0. The number of guanidine groups is 1. The molecule has 0 bridgehead atoms. The topological polar surface area (TPSA) is 36.4 Å². The monoisotopic (exact) mass is 241 g/mol. The Hall–Kier alpha value is -1.51. The summed E-state index contributed by atoms with van der Waals surface area (Å²) in [6.07, 6.45) is 3.82. The Balaban J connectivity index is 1.44. The van der Waals surface area contributed by atoms with Gasteiger partial charge in [0.1, 0.15) is 0 Å². The van der Waals surface area contributed by atoms with E-state index in [4.69, 9.17) is 0 Å². The van der Waals surface area contributed by atoms with E-state index >= 15 is 0 Å². The van der Waals surface area contributed by atoms with Crippen molar-refractivity contribution in [1.29, 1.82) is 0 Å². The molecule has 1 aromatic carbocycles. The second-order valence-corrected chi connectivity index (χ2v) is 5.75. The van der Waals surface area contributed by atoms with Crippen LogP contribution in [-0.2, 0) is 6.42 Å². The fourth-order valence-electron chi connectivity index (χ4n) is 3.30. The molecule has 1 aromatic rings. The SMILES string of the molecule is CN=C(NC1CC1)NC1C2Cc3ccccc3C21. The first kappa shape index (κ1) is 10.4. The number of hydrogen-bond donors (Lipinski definition) is 2. The van der Waals surface area contributed by atoms with E-state index in [1.165, 1.54) is 19.3 Å². The van der Waals surface area contributed by atoms with Gasteiger partial charge in [0.05, 0.1) is 0 Å². The number of fused-ring (bicyclic) bond motifs is 3. The van der Waals surface area contributed by atoms with Crippen LogP contribution in [0.4, 0.5) is 0 Å². The van der Waals surface area contributed by atoms with Crippen LogP contribution in [0.5, 0.6) is 0 Å². The highest BCUT2D eigenvalue weighted by molar-refractivity contribution is 5.81. The predicted octanol–water partition coefficient (Wildman–Crippen LogP) is 1.65. The van der Waals surface area contributed by atoms with Gasteiger partial charge in [-0.25, -0.2) is 0 Å². The van der Waals surface area contributed by atoms with Crippen LogP contribution in [0.2, 0.25) is 0 Å². The molecule has 0 amide bonds. The molecule has 2 fully saturated rings. The Morgan fingerprint density at radius 2 is 2.06 bits per heavy atom. The molecule has 2 saturated carbocycles. The maximum atomic E-state index is 4.33. The highest BCUT2D eigenvalue weighted by atomic mass is 15.2. The van der Waals surface area contributed by atoms with Crippen molar-refractivity contribution in [3.05, 3.63) is 35.4 Å². The lowest BCUT2D eigenvalue weighted by Crippen LogP contribution is -2.41. The third kappa shape index (κ3) is 1.61. The minimum absolute atomic E-state index is 0.602. The summed E-state index contributed by atoms with van der Waals surface area (Å²) in [7, 11) is 1.86. The van der Waals surface area contributed by atoms with Crippen molar-refractivity contribution in [2.45, 2.75) is 37.3 Å². The van der Waals surface area contributed by atoms with Crippen molar-refractivity contribution in [2.75, 3.05) is 7.05 Å². The minimum Gasteiger partial charge on any atom is -0.354 e. The van der Waals surface area contributed by atoms with Gasteiger partial charge in [0.2, 0.25) is 0 Å². The van der Waals surface area contributed by atoms with Crippen LogP contribution in [0.15, 0.2) is 29.3 Å². The van der Waals surface area contributed by atoms with Crippen LogP contribution in [-0.4, -0.2) is 25.1 Å². The maximum Gasteiger partial charge on any atom is 0.191 e. The highest BCUT2D eigenvalue weighted by Crippen LogP contribution is 2.56. The summed E-state index contributed by atoms with van der Waals surface area (Å²) < 4.78 is 0. The first-order valence-corrected chi connectivity index (χ1v) is 6.94. The van der Waals surface area contributed by atoms with Crippen molar-refractivity contribution >= 4 is 5.96 Å². The van der Waals surface area contributed by atoms with E-state index in [2.05, 4.69) is 39.9 Å². The van der Waals surface area contributed by atoms with Crippen LogP contribution in [0.1, 0.15) is 29.9 Å². The Bertz CT molecular complexity index is 504. The van der Waals surface area contributed by atoms with Gasteiger partial charge in [-0.1, -0.05) is 24.3 Å². The zero-order chi connectivity index (χ0) is 12.1. The van der Waals surface area contributed by atoms with Crippen LogP contribution >= 0.6 is 0 Å². The molecule has 3 unspecified atom stereocenters. The molecule has 0 saturated heterocycles. The molecule has 0 heterocycles. The average Bonchev–Trinajstić information content (AvgIpc) is 3.29. The number of rotatable bonds is 2. The average molecular weight is 241 g/mol. The third-order valence-corrected chi connectivity index (χ3v) is 4.48. The summed E-state index contributed by atoms with van der Waals surface area (Å²) in [5.74, 6) is 2.51. The Labute approximate surface area is 108 Å². The molecule has 3 aliphatic carbocycles. The highest BCUT2D eigenvalue weighted by Gasteiger charge is 2.56. The number of nitrogens with one attached hydrogen (secondary N) is 2. The molecule has 3 aliphatic rings. The summed E-state index contributed by atoms with van der Waals surface area (Å²) in [5, 5.41) is 7.06. The van der Waals surface area contributed by atoms with Crippen molar-refractivity contribution in [2.24, 2.45) is 10.9 Å². The minimum atomic E-state index is 0.602. The predicted molar refractivity (Wildman–Crippen MR) is 72.8 cm³/mol. The number of aliphatic imine (C=N–C) groups is 1. The standard InChI is InChI=1S/C15H19N3/c1-16-15(17-10-6-7-10)18-14-12-8-9-4-2-3-5-11(9)13(12)14/h2-5,10,12-14H,6-8H2,1H3,(H2,16,17,18). The van der Waals surface area contributed by atoms with E-state index in [9.17, 15) is 0 Å². The number of hydrogen-bond acceptors (Lipinski definition) is 1. The molecular formula is C15H19N3. The van der Waals surface area contributed by atoms with Crippen LogP contribution in [0, 0.1) is 5.92 Å². The summed E-state index contributed by atoms with van der Waals surface area (Å²) in [6, 6.07) is 10.1. The zero-order valence-electron chi connectivity index (χ0n) is 10.7. The van der Waals surface area contributed by atoms with Gasteiger partial charge in [0.25, 0.3) is 0 Å². The van der Waals surface area contributed by atoms with Gasteiger partial charge in [-0.05, 0) is 36.3 Å². The van der Waals surface area contributed by atoms with E-state index in [0.29, 0.717) is 12.1 Å². The van der Waals surface area contributed by atoms with Crippen molar-refractivity contribution in [3.63, 3.8) is 0 Å². The normalized spacial score (nSPS) is 32.7. The van der Waals surface area contributed by atoms with E-state index in [0.717, 1.165) is 17.8 Å². The van der Waals surface area contributed by atoms with Crippen molar-refractivity contribution in [1.82, 2.24) is 10.6 Å². The maximum absolute atomic E-state index is 4.33. The Morgan fingerprint density at radius 3 is 2.83 bits per heavy atom. The molecule has 3 nitrogen and oxygen atoms in total. The molecule has 0 aliphatic heterocycles. The summed E-state index contributed by atoms with van der Waals surface area (Å²) in [6.45, 7) is 0. The van der Waals surface area contributed by atoms with Crippen molar-refractivity contribution in [3.8, 4) is 0 Å². The lowest BCUT2D eigenvalue weighted by molar-refractivity contribution is 0.719. The number of nitrogens with zero attached hydrogens (tertiary/aromatic N) is 1. The fraction of sp³-hybridized carbons (Fsp3) is 0.533. The molecular weight excluding hydrogens is 222 g/mol. The molecule has 3 atom stereocenters. The van der Waals surface area contributed by atoms with Gasteiger partial charge in [-0.15, -0.1) is 0 Å². The van der Waals surface area contributed by atoms with Gasteiger partial charge in [0.15, 0.2) is 5.96 Å². The lowest BCUT2D eigenvalue weighted by atomic mass is 10.1. The molecule has 0 aromatic heterocycles. The Morgan fingerprint density at radius 1 is 1.22 bits per heavy atom. The Kier molecular flexibility index (Phi) is 2.16. The van der Waals surface area contributed by atoms with Gasteiger partial charge in [0, 0.05) is 25.0 Å². The summed E-state index contributed by atoms with van der Waals surface area (Å²) in [4.78, 5) is 4.33. The van der Waals surface area contributed by atoms with Crippen LogP contribution in [0.3, 0.4) is 0 Å². The quantitative estimate of drug-likeness (QED) is 0.610. The van der Waals surface area contributed by atoms with Gasteiger partial charge in [-0.3, -0.25) is 4.99 Å². The molecule has 94 valence electrons. The molecule has 3 heteroatoms. The molecule has 0 radical (unpaired) electrons. The smallest absolute Gasteiger partial charge is 0.191 e. The zero-order valence-corrected chi connectivity index (χ0v) is 10.7. The molecule has 0 spiro atoms. The van der Waals surface area contributed by atoms with Gasteiger partial charge >= 0.3 is 0 Å². The largest absolute Gasteiger partial charge is 0.354 e. The number of benzene rings is 1. The first-order valence-electron chi connectivity index (χ1n) is 6.94.